The molecule has 0 unspecified atom stereocenters. The van der Waals surface area contributed by atoms with E-state index >= 15 is 0 Å². The zero-order chi connectivity index (χ0) is 20.6. The van der Waals surface area contributed by atoms with Gasteiger partial charge in [0.1, 0.15) is 5.75 Å². The van der Waals surface area contributed by atoms with Crippen molar-refractivity contribution in [3.63, 3.8) is 0 Å². The van der Waals surface area contributed by atoms with Gasteiger partial charge in [0.25, 0.3) is 5.91 Å². The largest absolute Gasteiger partial charge is 0.497 e. The monoisotopic (exact) mass is 412 g/mol. The minimum Gasteiger partial charge on any atom is -0.497 e. The Kier molecular flexibility index (Phi) is 5.08. The Morgan fingerprint density at radius 1 is 1.07 bits per heavy atom. The van der Waals surface area contributed by atoms with Crippen LogP contribution in [0.15, 0.2) is 64.5 Å². The van der Waals surface area contributed by atoms with Gasteiger partial charge in [0.15, 0.2) is 4.91 Å². The molecule has 0 aliphatic carbocycles. The topological polar surface area (TPSA) is 66.9 Å². The van der Waals surface area contributed by atoms with E-state index in [1.807, 2.05) is 24.3 Å². The molecule has 2 aromatic carbocycles. The number of amides is 1. The number of methoxy groups -OCH3 is 1. The molecular formula is C22H24N2O4S. The quantitative estimate of drug-likeness (QED) is 0.769. The number of para-hydroxylation sites is 1. The SMILES string of the molecule is COc1cccc(N2C=C(C(=O)N3CCC(C)CC3)S(=O)(=O)c3ccccc32)c1. The number of hydrogen-bond acceptors (Lipinski definition) is 5. The van der Waals surface area contributed by atoms with Crippen LogP contribution in [0.1, 0.15) is 19.8 Å². The molecule has 0 atom stereocenters. The smallest absolute Gasteiger partial charge is 0.267 e. The van der Waals surface area contributed by atoms with Crippen molar-refractivity contribution in [2.45, 2.75) is 24.7 Å². The van der Waals surface area contributed by atoms with Crippen LogP contribution >= 0.6 is 0 Å². The predicted molar refractivity (Wildman–Crippen MR) is 112 cm³/mol. The van der Waals surface area contributed by atoms with E-state index in [0.29, 0.717) is 30.4 Å². The van der Waals surface area contributed by atoms with Crippen LogP contribution in [0.5, 0.6) is 5.75 Å². The highest BCUT2D eigenvalue weighted by Gasteiger charge is 2.38. The molecular weight excluding hydrogens is 388 g/mol. The van der Waals surface area contributed by atoms with Gasteiger partial charge in [0.2, 0.25) is 9.84 Å². The van der Waals surface area contributed by atoms with Crippen LogP contribution in [0.2, 0.25) is 0 Å². The first kappa shape index (κ1) is 19.5. The molecule has 0 spiro atoms. The highest BCUT2D eigenvalue weighted by Crippen LogP contribution is 2.40. The molecule has 4 rings (SSSR count). The molecule has 2 aliphatic heterocycles. The third kappa shape index (κ3) is 3.51. The Labute approximate surface area is 171 Å². The van der Waals surface area contributed by atoms with Gasteiger partial charge in [-0.1, -0.05) is 25.1 Å². The van der Waals surface area contributed by atoms with Crippen molar-refractivity contribution in [2.75, 3.05) is 25.1 Å². The molecule has 0 N–H and O–H groups in total. The van der Waals surface area contributed by atoms with Crippen molar-refractivity contribution in [1.29, 1.82) is 0 Å². The van der Waals surface area contributed by atoms with Gasteiger partial charge < -0.3 is 14.5 Å². The molecule has 0 aromatic heterocycles. The summed E-state index contributed by atoms with van der Waals surface area (Å²) in [5.74, 6) is 0.768. The third-order valence-electron chi connectivity index (χ3n) is 5.56. The Morgan fingerprint density at radius 3 is 2.52 bits per heavy atom. The molecule has 6 nitrogen and oxygen atoms in total. The van der Waals surface area contributed by atoms with Gasteiger partial charge in [0, 0.05) is 31.0 Å². The van der Waals surface area contributed by atoms with E-state index < -0.39 is 15.7 Å². The van der Waals surface area contributed by atoms with Crippen molar-refractivity contribution in [3.8, 4) is 5.75 Å². The van der Waals surface area contributed by atoms with E-state index in [2.05, 4.69) is 6.92 Å². The molecule has 1 fully saturated rings. The number of sulfone groups is 1. The number of rotatable bonds is 3. The van der Waals surface area contributed by atoms with E-state index in [0.717, 1.165) is 18.5 Å². The van der Waals surface area contributed by atoms with Crippen molar-refractivity contribution in [1.82, 2.24) is 4.90 Å². The maximum absolute atomic E-state index is 13.3. The second-order valence-electron chi connectivity index (χ2n) is 7.51. The lowest BCUT2D eigenvalue weighted by Gasteiger charge is -2.33. The molecule has 1 amide bonds. The molecule has 152 valence electrons. The summed E-state index contributed by atoms with van der Waals surface area (Å²) < 4.78 is 31.9. The van der Waals surface area contributed by atoms with Gasteiger partial charge in [0.05, 0.1) is 17.7 Å². The summed E-state index contributed by atoms with van der Waals surface area (Å²) in [5, 5.41) is 0. The number of nitrogens with zero attached hydrogens (tertiary/aromatic N) is 2. The van der Waals surface area contributed by atoms with Crippen LogP contribution in [0.25, 0.3) is 0 Å². The molecule has 2 aliphatic rings. The zero-order valence-electron chi connectivity index (χ0n) is 16.5. The van der Waals surface area contributed by atoms with Gasteiger partial charge >= 0.3 is 0 Å². The number of hydrogen-bond donors (Lipinski definition) is 0. The molecule has 0 radical (unpaired) electrons. The second kappa shape index (κ2) is 7.55. The fourth-order valence-electron chi connectivity index (χ4n) is 3.77. The highest BCUT2D eigenvalue weighted by molar-refractivity contribution is 7.96. The normalized spacial score (nSPS) is 18.8. The van der Waals surface area contributed by atoms with E-state index in [4.69, 9.17) is 4.74 Å². The Bertz CT molecular complexity index is 1070. The van der Waals surface area contributed by atoms with Gasteiger partial charge in [-0.05, 0) is 43.0 Å². The fourth-order valence-corrected chi connectivity index (χ4v) is 5.31. The van der Waals surface area contributed by atoms with Gasteiger partial charge in [-0.3, -0.25) is 4.79 Å². The summed E-state index contributed by atoms with van der Waals surface area (Å²) in [6.07, 6.45) is 3.22. The predicted octanol–water partition coefficient (Wildman–Crippen LogP) is 3.72. The van der Waals surface area contributed by atoms with Crippen LogP contribution in [-0.2, 0) is 14.6 Å². The molecule has 7 heteroatoms. The van der Waals surface area contributed by atoms with Crippen molar-refractivity contribution in [2.24, 2.45) is 5.92 Å². The zero-order valence-corrected chi connectivity index (χ0v) is 17.4. The summed E-state index contributed by atoms with van der Waals surface area (Å²) >= 11 is 0. The van der Waals surface area contributed by atoms with Gasteiger partial charge in [-0.15, -0.1) is 0 Å². The number of anilines is 2. The number of carbonyl (C=O) groups excluding carboxylic acids is 1. The maximum Gasteiger partial charge on any atom is 0.267 e. The highest BCUT2D eigenvalue weighted by atomic mass is 32.2. The number of ether oxygens (including phenoxy) is 1. The van der Waals surface area contributed by atoms with E-state index in [-0.39, 0.29) is 9.80 Å². The first-order valence-corrected chi connectivity index (χ1v) is 11.2. The Balaban J connectivity index is 1.81. The first-order chi connectivity index (χ1) is 13.9. The van der Waals surface area contributed by atoms with Crippen LogP contribution in [0.3, 0.4) is 0 Å². The number of fused-ring (bicyclic) bond motifs is 1. The minimum absolute atomic E-state index is 0.138. The first-order valence-electron chi connectivity index (χ1n) is 9.70. The van der Waals surface area contributed by atoms with Crippen molar-refractivity contribution < 1.29 is 17.9 Å². The average Bonchev–Trinajstić information content (AvgIpc) is 2.74. The molecule has 2 aromatic rings. The number of carbonyl (C=O) groups is 1. The second-order valence-corrected chi connectivity index (χ2v) is 9.40. The lowest BCUT2D eigenvalue weighted by atomic mass is 9.99. The number of likely N-dealkylation sites (tertiary alicyclic amines) is 1. The summed E-state index contributed by atoms with van der Waals surface area (Å²) in [5.41, 5.74) is 1.24. The van der Waals surface area contributed by atoms with Crippen LogP contribution in [0.4, 0.5) is 11.4 Å². The standard InChI is InChI=1S/C22H24N2O4S/c1-16-10-12-23(13-11-16)22(25)21-15-24(17-6-5-7-18(14-17)28-2)19-8-3-4-9-20(19)29(21,26)27/h3-9,14-16H,10-13H2,1-2H3. The lowest BCUT2D eigenvalue weighted by molar-refractivity contribution is -0.127. The lowest BCUT2D eigenvalue weighted by Crippen LogP contribution is -2.41. The van der Waals surface area contributed by atoms with E-state index in [1.165, 1.54) is 6.20 Å². The molecule has 0 saturated carbocycles. The molecule has 2 heterocycles. The van der Waals surface area contributed by atoms with Crippen LogP contribution < -0.4 is 9.64 Å². The fraction of sp³-hybridized carbons (Fsp3) is 0.318. The van der Waals surface area contributed by atoms with Crippen LogP contribution in [-0.4, -0.2) is 39.4 Å². The molecule has 29 heavy (non-hydrogen) atoms. The van der Waals surface area contributed by atoms with Crippen LogP contribution in [0, 0.1) is 5.92 Å². The van der Waals surface area contributed by atoms with Crippen molar-refractivity contribution >= 4 is 27.1 Å². The summed E-state index contributed by atoms with van der Waals surface area (Å²) in [6, 6.07) is 14.1. The third-order valence-corrected chi connectivity index (χ3v) is 7.35. The van der Waals surface area contributed by atoms with Gasteiger partial charge in [-0.2, -0.15) is 0 Å². The van der Waals surface area contributed by atoms with E-state index in [1.54, 1.807) is 41.2 Å². The summed E-state index contributed by atoms with van der Waals surface area (Å²) in [4.78, 5) is 16.6. The minimum atomic E-state index is -3.90. The maximum atomic E-state index is 13.3. The van der Waals surface area contributed by atoms with Gasteiger partial charge in [-0.25, -0.2) is 8.42 Å². The Morgan fingerprint density at radius 2 is 1.79 bits per heavy atom. The summed E-state index contributed by atoms with van der Waals surface area (Å²) in [7, 11) is -2.33. The Hall–Kier alpha value is -2.80. The van der Waals surface area contributed by atoms with E-state index in [9.17, 15) is 13.2 Å². The average molecular weight is 413 g/mol. The molecule has 1 saturated heterocycles. The number of piperidine rings is 1. The van der Waals surface area contributed by atoms with Crippen molar-refractivity contribution in [3.05, 3.63) is 59.6 Å². The number of benzene rings is 2. The molecule has 0 bridgehead atoms. The summed E-state index contributed by atoms with van der Waals surface area (Å²) in [6.45, 7) is 3.31.